The van der Waals surface area contributed by atoms with E-state index < -0.39 is 18.2 Å². The topological polar surface area (TPSA) is 59.0 Å². The minimum absolute atomic E-state index is 0.0167. The molecule has 1 saturated heterocycles. The summed E-state index contributed by atoms with van der Waals surface area (Å²) in [5.74, 6) is -0.226. The molecule has 1 saturated carbocycles. The maximum Gasteiger partial charge on any atom is 0.573 e. The molecule has 0 radical (unpaired) electrons. The lowest BCUT2D eigenvalue weighted by Crippen LogP contribution is -2.49. The Morgan fingerprint density at radius 2 is 1.92 bits per heavy atom. The number of rotatable bonds is 7. The van der Waals surface area contributed by atoms with Gasteiger partial charge >= 0.3 is 12.3 Å². The Kier molecular flexibility index (Phi) is 7.09. The summed E-state index contributed by atoms with van der Waals surface area (Å²) >= 11 is 6.06. The highest BCUT2D eigenvalue weighted by molar-refractivity contribution is 6.30. The zero-order valence-electron chi connectivity index (χ0n) is 20.7. The van der Waals surface area contributed by atoms with Crippen LogP contribution in [0.3, 0.4) is 0 Å². The summed E-state index contributed by atoms with van der Waals surface area (Å²) in [7, 11) is 0. The first-order chi connectivity index (χ1) is 17.5. The summed E-state index contributed by atoms with van der Waals surface area (Å²) in [6.07, 6.45) is 0.622. The molecule has 0 aromatic heterocycles. The van der Waals surface area contributed by atoms with E-state index >= 15 is 0 Å². The molecule has 0 amide bonds. The Balaban J connectivity index is 1.27. The van der Waals surface area contributed by atoms with E-state index in [-0.39, 0.29) is 17.3 Å². The Bertz CT molecular complexity index is 1160. The van der Waals surface area contributed by atoms with Crippen LogP contribution >= 0.6 is 11.6 Å². The quantitative estimate of drug-likeness (QED) is 0.420. The van der Waals surface area contributed by atoms with Crippen molar-refractivity contribution in [2.45, 2.75) is 69.9 Å². The summed E-state index contributed by atoms with van der Waals surface area (Å²) in [4.78, 5) is 13.8. The van der Waals surface area contributed by atoms with Crippen LogP contribution in [0.1, 0.15) is 61.6 Å². The number of alkyl halides is 3. The van der Waals surface area contributed by atoms with Crippen molar-refractivity contribution in [2.24, 2.45) is 11.8 Å². The van der Waals surface area contributed by atoms with Crippen LogP contribution in [0.25, 0.3) is 0 Å². The molecule has 1 aliphatic carbocycles. The van der Waals surface area contributed by atoms with E-state index in [0.717, 1.165) is 55.4 Å². The summed E-state index contributed by atoms with van der Waals surface area (Å²) in [5, 5.41) is 10.0. The normalized spacial score (nSPS) is 21.1. The lowest BCUT2D eigenvalue weighted by Gasteiger charge is -2.45. The SMILES string of the molecule is CC(C(=O)O)C(c1ccc2c(c1)OC1(CC2)CCN(Cc2cc(Cl)ccc2OC(F)(F)F)CC1)C1CC1. The van der Waals surface area contributed by atoms with Crippen LogP contribution in [0.2, 0.25) is 5.02 Å². The van der Waals surface area contributed by atoms with E-state index in [9.17, 15) is 23.1 Å². The van der Waals surface area contributed by atoms with E-state index in [1.165, 1.54) is 18.2 Å². The van der Waals surface area contributed by atoms with Gasteiger partial charge in [0.1, 0.15) is 17.1 Å². The molecule has 5 rings (SSSR count). The second-order valence-corrected chi connectivity index (χ2v) is 11.2. The molecule has 2 fully saturated rings. The molecule has 0 bridgehead atoms. The van der Waals surface area contributed by atoms with Gasteiger partial charge in [0.05, 0.1) is 5.92 Å². The predicted octanol–water partition coefficient (Wildman–Crippen LogP) is 6.81. The standard InChI is InChI=1S/C28H31ClF3NO4/c1-17(26(34)35)25(19-3-4-19)20-5-2-18-8-9-27(36-24(18)15-20)10-12-33(13-11-27)16-21-14-22(29)6-7-23(21)37-28(30,31)32/h2,5-7,14-15,17,19,25H,3-4,8-13,16H2,1H3,(H,34,35). The monoisotopic (exact) mass is 537 g/mol. The van der Waals surface area contributed by atoms with Crippen LogP contribution in [0.4, 0.5) is 13.2 Å². The first-order valence-electron chi connectivity index (χ1n) is 12.8. The lowest BCUT2D eigenvalue weighted by atomic mass is 9.80. The van der Waals surface area contributed by atoms with Gasteiger partial charge < -0.3 is 14.6 Å². The zero-order chi connectivity index (χ0) is 26.4. The minimum atomic E-state index is -4.77. The molecule has 2 aromatic carbocycles. The minimum Gasteiger partial charge on any atom is -0.487 e. The van der Waals surface area contributed by atoms with Gasteiger partial charge in [-0.15, -0.1) is 13.2 Å². The molecule has 5 nitrogen and oxygen atoms in total. The van der Waals surface area contributed by atoms with E-state index in [4.69, 9.17) is 16.3 Å². The number of halogens is 4. The highest BCUT2D eigenvalue weighted by Gasteiger charge is 2.42. The molecule has 1 N–H and O–H groups in total. The molecule has 200 valence electrons. The molecule has 2 unspecified atom stereocenters. The molecule has 2 aliphatic heterocycles. The van der Waals surface area contributed by atoms with E-state index in [1.54, 1.807) is 6.92 Å². The number of hydrogen-bond donors (Lipinski definition) is 1. The lowest BCUT2D eigenvalue weighted by molar-refractivity contribution is -0.275. The third kappa shape index (κ3) is 6.01. The third-order valence-corrected chi connectivity index (χ3v) is 8.36. The number of aliphatic carboxylic acids is 1. The van der Waals surface area contributed by atoms with Gasteiger partial charge in [0.15, 0.2) is 0 Å². The molecule has 2 atom stereocenters. The van der Waals surface area contributed by atoms with Crippen molar-refractivity contribution in [3.8, 4) is 11.5 Å². The van der Waals surface area contributed by atoms with Crippen LogP contribution < -0.4 is 9.47 Å². The van der Waals surface area contributed by atoms with Crippen molar-refractivity contribution in [3.05, 3.63) is 58.1 Å². The van der Waals surface area contributed by atoms with Gasteiger partial charge in [-0.3, -0.25) is 9.69 Å². The number of carboxylic acids is 1. The molecule has 2 aromatic rings. The third-order valence-electron chi connectivity index (χ3n) is 8.12. The Morgan fingerprint density at radius 1 is 1.19 bits per heavy atom. The fraction of sp³-hybridized carbons (Fsp3) is 0.536. The maximum absolute atomic E-state index is 12.9. The molecular weight excluding hydrogens is 507 g/mol. The average Bonchev–Trinajstić information content (AvgIpc) is 3.67. The van der Waals surface area contributed by atoms with Gasteiger partial charge in [0, 0.05) is 30.2 Å². The Labute approximate surface area is 219 Å². The van der Waals surface area contributed by atoms with Gasteiger partial charge in [-0.25, -0.2) is 0 Å². The zero-order valence-corrected chi connectivity index (χ0v) is 21.4. The number of ether oxygens (including phenoxy) is 2. The fourth-order valence-corrected chi connectivity index (χ4v) is 6.11. The van der Waals surface area contributed by atoms with Crippen LogP contribution in [0.5, 0.6) is 11.5 Å². The number of carboxylic acid groups (broad SMARTS) is 1. The Morgan fingerprint density at radius 3 is 2.57 bits per heavy atom. The molecule has 9 heteroatoms. The highest BCUT2D eigenvalue weighted by Crippen LogP contribution is 2.49. The van der Waals surface area contributed by atoms with Crippen molar-refractivity contribution < 1.29 is 32.5 Å². The number of benzene rings is 2. The van der Waals surface area contributed by atoms with Crippen molar-refractivity contribution in [2.75, 3.05) is 13.1 Å². The highest BCUT2D eigenvalue weighted by atomic mass is 35.5. The van der Waals surface area contributed by atoms with Gasteiger partial charge in [0.2, 0.25) is 0 Å². The number of likely N-dealkylation sites (tertiary alicyclic amines) is 1. The molecule has 2 heterocycles. The molecule has 3 aliphatic rings. The van der Waals surface area contributed by atoms with Gasteiger partial charge in [-0.2, -0.15) is 0 Å². The second kappa shape index (κ2) is 10.0. The van der Waals surface area contributed by atoms with Crippen LogP contribution in [-0.4, -0.2) is 41.0 Å². The first kappa shape index (κ1) is 26.2. The largest absolute Gasteiger partial charge is 0.573 e. The summed E-state index contributed by atoms with van der Waals surface area (Å²) in [6.45, 7) is 3.44. The number of carbonyl (C=O) groups is 1. The van der Waals surface area contributed by atoms with E-state index in [1.807, 2.05) is 0 Å². The van der Waals surface area contributed by atoms with E-state index in [0.29, 0.717) is 36.1 Å². The molecule has 37 heavy (non-hydrogen) atoms. The van der Waals surface area contributed by atoms with E-state index in [2.05, 4.69) is 27.8 Å². The fourth-order valence-electron chi connectivity index (χ4n) is 5.91. The average molecular weight is 538 g/mol. The maximum atomic E-state index is 12.9. The number of hydrogen-bond acceptors (Lipinski definition) is 4. The number of nitrogens with zero attached hydrogens (tertiary/aromatic N) is 1. The number of aryl methyl sites for hydroxylation is 1. The first-order valence-corrected chi connectivity index (χ1v) is 13.2. The number of piperidine rings is 1. The predicted molar refractivity (Wildman–Crippen MR) is 133 cm³/mol. The Hall–Kier alpha value is -2.45. The molecular formula is C28H31ClF3NO4. The van der Waals surface area contributed by atoms with Gasteiger partial charge in [-0.1, -0.05) is 30.7 Å². The number of fused-ring (bicyclic) bond motifs is 1. The van der Waals surface area contributed by atoms with Crippen molar-refractivity contribution in [1.82, 2.24) is 4.90 Å². The van der Waals surface area contributed by atoms with Crippen molar-refractivity contribution in [3.63, 3.8) is 0 Å². The van der Waals surface area contributed by atoms with Gasteiger partial charge in [0.25, 0.3) is 0 Å². The summed E-state index contributed by atoms with van der Waals surface area (Å²) in [5.41, 5.74) is 2.25. The summed E-state index contributed by atoms with van der Waals surface area (Å²) < 4.78 is 49.4. The molecule has 1 spiro atoms. The summed E-state index contributed by atoms with van der Waals surface area (Å²) in [6, 6.07) is 10.4. The second-order valence-electron chi connectivity index (χ2n) is 10.7. The smallest absolute Gasteiger partial charge is 0.487 e. The van der Waals surface area contributed by atoms with Crippen LogP contribution in [0.15, 0.2) is 36.4 Å². The van der Waals surface area contributed by atoms with Gasteiger partial charge in [-0.05, 0) is 85.8 Å². The van der Waals surface area contributed by atoms with Crippen LogP contribution in [-0.2, 0) is 17.8 Å². The van der Waals surface area contributed by atoms with Crippen LogP contribution in [0, 0.1) is 11.8 Å². The van der Waals surface area contributed by atoms with Crippen molar-refractivity contribution in [1.29, 1.82) is 0 Å². The van der Waals surface area contributed by atoms with Crippen molar-refractivity contribution >= 4 is 17.6 Å².